The van der Waals surface area contributed by atoms with Gasteiger partial charge in [0.1, 0.15) is 5.82 Å². The molecule has 1 aromatic rings. The lowest BCUT2D eigenvalue weighted by molar-refractivity contribution is 0.0453. The molecule has 0 amide bonds. The second-order valence-electron chi connectivity index (χ2n) is 5.49. The first-order chi connectivity index (χ1) is 8.50. The van der Waals surface area contributed by atoms with E-state index >= 15 is 0 Å². The van der Waals surface area contributed by atoms with Crippen LogP contribution in [0.4, 0.5) is 0 Å². The number of nitrogens with zero attached hydrogens (tertiary/aromatic N) is 2. The average molecular weight is 249 g/mol. The van der Waals surface area contributed by atoms with E-state index in [1.54, 1.807) is 0 Å². The summed E-state index contributed by atoms with van der Waals surface area (Å²) in [5.74, 6) is 0.804. The maximum absolute atomic E-state index is 10.3. The summed E-state index contributed by atoms with van der Waals surface area (Å²) in [7, 11) is 0. The highest BCUT2D eigenvalue weighted by Gasteiger charge is 2.31. The fourth-order valence-electron chi connectivity index (χ4n) is 2.68. The lowest BCUT2D eigenvalue weighted by Crippen LogP contribution is -2.39. The number of aromatic nitrogens is 2. The van der Waals surface area contributed by atoms with Crippen LogP contribution in [0.1, 0.15) is 55.7 Å². The van der Waals surface area contributed by atoms with Crippen molar-refractivity contribution in [3.63, 3.8) is 0 Å². The highest BCUT2D eigenvalue weighted by atomic mass is 16.3. The largest absolute Gasteiger partial charge is 0.389 e. The SMILES string of the molecule is Cc1ncc(C(C)NCC2(O)CCCC2)c(C)n1. The lowest BCUT2D eigenvalue weighted by atomic mass is 10.0. The summed E-state index contributed by atoms with van der Waals surface area (Å²) in [5, 5.41) is 13.7. The van der Waals surface area contributed by atoms with Crippen molar-refractivity contribution in [3.8, 4) is 0 Å². The third-order valence-electron chi connectivity index (χ3n) is 3.88. The third kappa shape index (κ3) is 3.06. The van der Waals surface area contributed by atoms with E-state index in [1.165, 1.54) is 0 Å². The van der Waals surface area contributed by atoms with Gasteiger partial charge < -0.3 is 10.4 Å². The highest BCUT2D eigenvalue weighted by Crippen LogP contribution is 2.29. The minimum atomic E-state index is -0.506. The Morgan fingerprint density at radius 2 is 2.06 bits per heavy atom. The van der Waals surface area contributed by atoms with Crippen molar-refractivity contribution in [2.45, 2.75) is 58.1 Å². The molecule has 0 spiro atoms. The zero-order chi connectivity index (χ0) is 13.2. The van der Waals surface area contributed by atoms with Crippen LogP contribution in [0.15, 0.2) is 6.20 Å². The Morgan fingerprint density at radius 3 is 2.67 bits per heavy atom. The van der Waals surface area contributed by atoms with Crippen LogP contribution in [-0.4, -0.2) is 27.2 Å². The molecular weight excluding hydrogens is 226 g/mol. The molecular formula is C14H23N3O. The molecule has 1 aromatic heterocycles. The average Bonchev–Trinajstić information content (AvgIpc) is 2.74. The Kier molecular flexibility index (Phi) is 3.97. The van der Waals surface area contributed by atoms with Crippen molar-refractivity contribution in [2.75, 3.05) is 6.54 Å². The van der Waals surface area contributed by atoms with Crippen LogP contribution in [0.3, 0.4) is 0 Å². The number of hydrogen-bond donors (Lipinski definition) is 2. The molecule has 1 heterocycles. The van der Waals surface area contributed by atoms with Gasteiger partial charge >= 0.3 is 0 Å². The molecule has 0 radical (unpaired) electrons. The van der Waals surface area contributed by atoms with Crippen LogP contribution in [0.5, 0.6) is 0 Å². The first-order valence-corrected chi connectivity index (χ1v) is 6.76. The predicted molar refractivity (Wildman–Crippen MR) is 71.3 cm³/mol. The van der Waals surface area contributed by atoms with Crippen LogP contribution in [0.2, 0.25) is 0 Å². The standard InChI is InChI=1S/C14H23N3O/c1-10(13-8-15-12(3)17-11(13)2)16-9-14(18)6-4-5-7-14/h8,10,16,18H,4-7,9H2,1-3H3. The fourth-order valence-corrected chi connectivity index (χ4v) is 2.68. The molecule has 0 saturated heterocycles. The monoisotopic (exact) mass is 249 g/mol. The molecule has 1 saturated carbocycles. The summed E-state index contributed by atoms with van der Waals surface area (Å²) in [5.41, 5.74) is 1.62. The van der Waals surface area contributed by atoms with Gasteiger partial charge in [0.15, 0.2) is 0 Å². The fraction of sp³-hybridized carbons (Fsp3) is 0.714. The van der Waals surface area contributed by atoms with Gasteiger partial charge in [0, 0.05) is 30.0 Å². The van der Waals surface area contributed by atoms with E-state index in [0.29, 0.717) is 6.54 Å². The van der Waals surface area contributed by atoms with Gasteiger partial charge in [-0.15, -0.1) is 0 Å². The summed E-state index contributed by atoms with van der Waals surface area (Å²) >= 11 is 0. The molecule has 1 fully saturated rings. The van der Waals surface area contributed by atoms with Gasteiger partial charge in [0.05, 0.1) is 5.60 Å². The van der Waals surface area contributed by atoms with Gasteiger partial charge in [0.25, 0.3) is 0 Å². The minimum Gasteiger partial charge on any atom is -0.389 e. The molecule has 1 unspecified atom stereocenters. The first kappa shape index (κ1) is 13.4. The normalized spacial score (nSPS) is 20.0. The van der Waals surface area contributed by atoms with Gasteiger partial charge in [-0.1, -0.05) is 12.8 Å². The predicted octanol–water partition coefficient (Wildman–Crippen LogP) is 2.05. The van der Waals surface area contributed by atoms with Crippen molar-refractivity contribution < 1.29 is 5.11 Å². The molecule has 100 valence electrons. The molecule has 2 N–H and O–H groups in total. The van der Waals surface area contributed by atoms with Crippen molar-refractivity contribution in [2.24, 2.45) is 0 Å². The number of aryl methyl sites for hydroxylation is 2. The first-order valence-electron chi connectivity index (χ1n) is 6.76. The van der Waals surface area contributed by atoms with Crippen molar-refractivity contribution in [1.82, 2.24) is 15.3 Å². The number of rotatable bonds is 4. The minimum absolute atomic E-state index is 0.176. The Morgan fingerprint density at radius 1 is 1.39 bits per heavy atom. The zero-order valence-corrected chi connectivity index (χ0v) is 11.5. The molecule has 4 heteroatoms. The van der Waals surface area contributed by atoms with Crippen molar-refractivity contribution in [1.29, 1.82) is 0 Å². The van der Waals surface area contributed by atoms with E-state index in [-0.39, 0.29) is 6.04 Å². The second kappa shape index (κ2) is 5.33. The number of aliphatic hydroxyl groups is 1. The summed E-state index contributed by atoms with van der Waals surface area (Å²) in [4.78, 5) is 8.62. The molecule has 4 nitrogen and oxygen atoms in total. The third-order valence-corrected chi connectivity index (χ3v) is 3.88. The highest BCUT2D eigenvalue weighted by molar-refractivity contribution is 5.19. The van der Waals surface area contributed by atoms with Crippen molar-refractivity contribution in [3.05, 3.63) is 23.3 Å². The maximum atomic E-state index is 10.3. The molecule has 0 aliphatic heterocycles. The maximum Gasteiger partial charge on any atom is 0.125 e. The van der Waals surface area contributed by atoms with Crippen LogP contribution in [0.25, 0.3) is 0 Å². The van der Waals surface area contributed by atoms with Crippen LogP contribution < -0.4 is 5.32 Å². The van der Waals surface area contributed by atoms with Gasteiger partial charge in [-0.3, -0.25) is 0 Å². The van der Waals surface area contributed by atoms with E-state index in [9.17, 15) is 5.11 Å². The van der Waals surface area contributed by atoms with Crippen LogP contribution >= 0.6 is 0 Å². The van der Waals surface area contributed by atoms with E-state index < -0.39 is 5.60 Å². The van der Waals surface area contributed by atoms with E-state index in [2.05, 4.69) is 22.2 Å². The van der Waals surface area contributed by atoms with Crippen LogP contribution in [-0.2, 0) is 0 Å². The van der Waals surface area contributed by atoms with Crippen LogP contribution in [0, 0.1) is 13.8 Å². The summed E-state index contributed by atoms with van der Waals surface area (Å²) in [6, 6.07) is 0.176. The Labute approximate surface area is 109 Å². The van der Waals surface area contributed by atoms with Gasteiger partial charge in [-0.25, -0.2) is 9.97 Å². The molecule has 0 aromatic carbocycles. The van der Waals surface area contributed by atoms with Gasteiger partial charge in [-0.05, 0) is 33.6 Å². The van der Waals surface area contributed by atoms with E-state index in [0.717, 1.165) is 42.8 Å². The number of nitrogens with one attached hydrogen (secondary N) is 1. The molecule has 2 rings (SSSR count). The van der Waals surface area contributed by atoms with Gasteiger partial charge in [-0.2, -0.15) is 0 Å². The molecule has 1 aliphatic carbocycles. The Balaban J connectivity index is 1.97. The quantitative estimate of drug-likeness (QED) is 0.857. The molecule has 18 heavy (non-hydrogen) atoms. The molecule has 1 atom stereocenters. The molecule has 0 bridgehead atoms. The second-order valence-corrected chi connectivity index (χ2v) is 5.49. The van der Waals surface area contributed by atoms with E-state index in [4.69, 9.17) is 0 Å². The Bertz CT molecular complexity index is 414. The number of hydrogen-bond acceptors (Lipinski definition) is 4. The molecule has 1 aliphatic rings. The van der Waals surface area contributed by atoms with Crippen molar-refractivity contribution >= 4 is 0 Å². The smallest absolute Gasteiger partial charge is 0.125 e. The lowest BCUT2D eigenvalue weighted by Gasteiger charge is -2.25. The summed E-state index contributed by atoms with van der Waals surface area (Å²) in [6.45, 7) is 6.66. The summed E-state index contributed by atoms with van der Waals surface area (Å²) < 4.78 is 0. The Hall–Kier alpha value is -1.00. The summed E-state index contributed by atoms with van der Waals surface area (Å²) in [6.07, 6.45) is 5.98. The topological polar surface area (TPSA) is 58.0 Å². The van der Waals surface area contributed by atoms with E-state index in [1.807, 2.05) is 20.0 Å². The zero-order valence-electron chi connectivity index (χ0n) is 11.5. The van der Waals surface area contributed by atoms with Gasteiger partial charge in [0.2, 0.25) is 0 Å².